The topological polar surface area (TPSA) is 96.3 Å². The molecular formula is C31H29F3N4O3. The summed E-state index contributed by atoms with van der Waals surface area (Å²) < 4.78 is 40.5. The molecule has 1 aliphatic rings. The molecule has 0 atom stereocenters. The molecule has 1 fully saturated rings. The Balaban J connectivity index is 1.36. The largest absolute Gasteiger partial charge is 0.507 e. The van der Waals surface area contributed by atoms with Crippen molar-refractivity contribution in [1.82, 2.24) is 15.1 Å². The summed E-state index contributed by atoms with van der Waals surface area (Å²) in [6, 6.07) is 17.7. The number of amides is 2. The van der Waals surface area contributed by atoms with Crippen molar-refractivity contribution in [3.8, 4) is 17.0 Å². The number of hydrogen-bond acceptors (Lipinski definition) is 4. The number of hydrogen-bond donors (Lipinski definition) is 3. The van der Waals surface area contributed by atoms with E-state index in [1.54, 1.807) is 12.1 Å². The molecule has 1 aliphatic carbocycles. The van der Waals surface area contributed by atoms with E-state index in [0.717, 1.165) is 60.7 Å². The first kappa shape index (κ1) is 27.9. The van der Waals surface area contributed by atoms with Crippen LogP contribution in [-0.4, -0.2) is 26.8 Å². The maximum absolute atomic E-state index is 13.2. The summed E-state index contributed by atoms with van der Waals surface area (Å²) in [5, 5.41) is 20.8. The molecule has 1 saturated carbocycles. The van der Waals surface area contributed by atoms with Gasteiger partial charge in [0.1, 0.15) is 5.75 Å². The molecule has 1 aromatic heterocycles. The van der Waals surface area contributed by atoms with Crippen molar-refractivity contribution >= 4 is 17.6 Å². The number of rotatable bonds is 6. The van der Waals surface area contributed by atoms with Crippen LogP contribution in [0.2, 0.25) is 0 Å². The van der Waals surface area contributed by atoms with Crippen LogP contribution >= 0.6 is 0 Å². The quantitative estimate of drug-likeness (QED) is 0.231. The van der Waals surface area contributed by atoms with Gasteiger partial charge in [0.25, 0.3) is 5.91 Å². The summed E-state index contributed by atoms with van der Waals surface area (Å²) in [4.78, 5) is 25.8. The van der Waals surface area contributed by atoms with Crippen molar-refractivity contribution in [2.75, 3.05) is 5.32 Å². The first-order valence-corrected chi connectivity index (χ1v) is 13.3. The predicted octanol–water partition coefficient (Wildman–Crippen LogP) is 7.25. The average molecular weight is 563 g/mol. The van der Waals surface area contributed by atoms with Crippen molar-refractivity contribution in [2.45, 2.75) is 51.2 Å². The van der Waals surface area contributed by atoms with Crippen molar-refractivity contribution < 1.29 is 27.9 Å². The van der Waals surface area contributed by atoms with Crippen LogP contribution in [0.1, 0.15) is 64.3 Å². The highest BCUT2D eigenvalue weighted by atomic mass is 19.4. The molecule has 4 aromatic rings. The molecule has 0 bridgehead atoms. The normalized spacial score (nSPS) is 13.8. The van der Waals surface area contributed by atoms with Crippen LogP contribution in [0.15, 0.2) is 72.8 Å². The molecule has 0 radical (unpaired) electrons. The number of halogens is 3. The van der Waals surface area contributed by atoms with Crippen molar-refractivity contribution in [3.05, 3.63) is 101 Å². The molecule has 10 heteroatoms. The van der Waals surface area contributed by atoms with Crippen molar-refractivity contribution in [1.29, 1.82) is 0 Å². The maximum atomic E-state index is 13.2. The highest BCUT2D eigenvalue weighted by molar-refractivity contribution is 6.04. The van der Waals surface area contributed by atoms with Crippen LogP contribution in [0.5, 0.6) is 5.75 Å². The molecule has 7 nitrogen and oxygen atoms in total. The average Bonchev–Trinajstić information content (AvgIpc) is 3.62. The molecule has 2 amide bonds. The van der Waals surface area contributed by atoms with E-state index in [0.29, 0.717) is 17.8 Å². The molecule has 3 aromatic carbocycles. The lowest BCUT2D eigenvalue weighted by Crippen LogP contribution is -2.30. The molecule has 41 heavy (non-hydrogen) atoms. The number of aryl methyl sites for hydroxylation is 1. The van der Waals surface area contributed by atoms with E-state index < -0.39 is 17.6 Å². The van der Waals surface area contributed by atoms with Gasteiger partial charge in [-0.25, -0.2) is 4.79 Å². The number of aromatic hydroxyl groups is 1. The Morgan fingerprint density at radius 3 is 2.46 bits per heavy atom. The Morgan fingerprint density at radius 2 is 1.76 bits per heavy atom. The summed E-state index contributed by atoms with van der Waals surface area (Å²) in [6.07, 6.45) is -0.594. The summed E-state index contributed by atoms with van der Waals surface area (Å²) in [7, 11) is 0. The van der Waals surface area contributed by atoms with Gasteiger partial charge in [-0.05, 0) is 61.7 Å². The zero-order valence-corrected chi connectivity index (χ0v) is 22.3. The third-order valence-electron chi connectivity index (χ3n) is 7.21. The number of benzene rings is 3. The van der Waals surface area contributed by atoms with E-state index >= 15 is 0 Å². The maximum Gasteiger partial charge on any atom is 0.416 e. The SMILES string of the molecule is Cc1cccc(CNC(=O)n2nc(-c3ccc(NC(=O)c4cccc(C(F)(F)F)c4)cc3O)cc2C2CCCC2)c1. The van der Waals surface area contributed by atoms with Crippen LogP contribution in [-0.2, 0) is 12.7 Å². The van der Waals surface area contributed by atoms with E-state index in [1.807, 2.05) is 31.2 Å². The molecule has 3 N–H and O–H groups in total. The van der Waals surface area contributed by atoms with Crippen LogP contribution < -0.4 is 10.6 Å². The third-order valence-corrected chi connectivity index (χ3v) is 7.21. The van der Waals surface area contributed by atoms with Crippen molar-refractivity contribution in [2.24, 2.45) is 0 Å². The fourth-order valence-corrected chi connectivity index (χ4v) is 5.14. The minimum Gasteiger partial charge on any atom is -0.507 e. The first-order valence-electron chi connectivity index (χ1n) is 13.3. The van der Waals surface area contributed by atoms with Gasteiger partial charge in [-0.15, -0.1) is 0 Å². The van der Waals surface area contributed by atoms with Gasteiger partial charge in [0.15, 0.2) is 0 Å². The predicted molar refractivity (Wildman–Crippen MR) is 149 cm³/mol. The van der Waals surface area contributed by atoms with Gasteiger partial charge in [-0.2, -0.15) is 23.0 Å². The van der Waals surface area contributed by atoms with Gasteiger partial charge < -0.3 is 15.7 Å². The van der Waals surface area contributed by atoms with Gasteiger partial charge in [0.05, 0.1) is 17.0 Å². The van der Waals surface area contributed by atoms with Gasteiger partial charge in [-0.3, -0.25) is 4.79 Å². The second kappa shape index (κ2) is 11.5. The minimum atomic E-state index is -4.57. The van der Waals surface area contributed by atoms with Gasteiger partial charge in [0.2, 0.25) is 0 Å². The number of aromatic nitrogens is 2. The Labute approximate surface area is 235 Å². The lowest BCUT2D eigenvalue weighted by Gasteiger charge is -2.12. The van der Waals surface area contributed by atoms with Crippen LogP contribution in [0.3, 0.4) is 0 Å². The number of carbonyl (C=O) groups is 2. The number of phenolic OH excluding ortho intramolecular Hbond substituents is 1. The highest BCUT2D eigenvalue weighted by Gasteiger charge is 2.31. The number of anilines is 1. The summed E-state index contributed by atoms with van der Waals surface area (Å²) in [6.45, 7) is 2.32. The Morgan fingerprint density at radius 1 is 1.00 bits per heavy atom. The zero-order valence-electron chi connectivity index (χ0n) is 22.3. The highest BCUT2D eigenvalue weighted by Crippen LogP contribution is 2.38. The van der Waals surface area contributed by atoms with E-state index in [9.17, 15) is 27.9 Å². The zero-order chi connectivity index (χ0) is 29.1. The van der Waals surface area contributed by atoms with E-state index in [-0.39, 0.29) is 28.9 Å². The molecule has 0 saturated heterocycles. The number of nitrogens with one attached hydrogen (secondary N) is 2. The van der Waals surface area contributed by atoms with Crippen LogP contribution in [0.4, 0.5) is 23.7 Å². The lowest BCUT2D eigenvalue weighted by molar-refractivity contribution is -0.137. The smallest absolute Gasteiger partial charge is 0.416 e. The monoisotopic (exact) mass is 562 g/mol. The Hall–Kier alpha value is -4.60. The second-order valence-corrected chi connectivity index (χ2v) is 10.3. The Bertz CT molecular complexity index is 1590. The molecular weight excluding hydrogens is 533 g/mol. The van der Waals surface area contributed by atoms with E-state index in [4.69, 9.17) is 0 Å². The van der Waals surface area contributed by atoms with E-state index in [2.05, 4.69) is 15.7 Å². The molecule has 5 rings (SSSR count). The Kier molecular flexibility index (Phi) is 7.83. The molecule has 0 aliphatic heterocycles. The second-order valence-electron chi connectivity index (χ2n) is 10.3. The van der Waals surface area contributed by atoms with Crippen molar-refractivity contribution in [3.63, 3.8) is 0 Å². The summed E-state index contributed by atoms with van der Waals surface area (Å²) in [5.74, 6) is -0.787. The van der Waals surface area contributed by atoms with Gasteiger partial charge in [-0.1, -0.05) is 48.7 Å². The first-order chi connectivity index (χ1) is 19.6. The summed E-state index contributed by atoms with van der Waals surface area (Å²) >= 11 is 0. The van der Waals surface area contributed by atoms with Crippen LogP contribution in [0, 0.1) is 6.92 Å². The van der Waals surface area contributed by atoms with Gasteiger partial charge >= 0.3 is 12.2 Å². The number of phenols is 1. The minimum absolute atomic E-state index is 0.161. The van der Waals surface area contributed by atoms with E-state index in [1.165, 1.54) is 22.9 Å². The van der Waals surface area contributed by atoms with Gasteiger partial charge in [0, 0.05) is 35.3 Å². The summed E-state index contributed by atoms with van der Waals surface area (Å²) in [5.41, 5.74) is 2.67. The fourth-order valence-electron chi connectivity index (χ4n) is 5.14. The molecule has 1 heterocycles. The lowest BCUT2D eigenvalue weighted by atomic mass is 10.0. The fraction of sp³-hybridized carbons (Fsp3) is 0.258. The van der Waals surface area contributed by atoms with Crippen LogP contribution in [0.25, 0.3) is 11.3 Å². The third kappa shape index (κ3) is 6.42. The number of alkyl halides is 3. The number of carbonyl (C=O) groups excluding carboxylic acids is 2. The molecule has 0 spiro atoms. The standard InChI is InChI=1S/C31H29F3N4O3/c1-19-6-4-7-20(14-19)18-35-30(41)38-27(21-8-2-3-9-21)17-26(37-38)25-13-12-24(16-28(25)39)36-29(40)22-10-5-11-23(15-22)31(32,33)34/h4-7,10-17,21,39H,2-3,8-9,18H2,1H3,(H,35,41)(H,36,40). The molecule has 212 valence electrons. The molecule has 0 unspecified atom stereocenters. The number of nitrogens with zero attached hydrogens (tertiary/aromatic N) is 2.